The Morgan fingerprint density at radius 3 is 2.64 bits per heavy atom. The van der Waals surface area contributed by atoms with Crippen molar-refractivity contribution in [2.75, 3.05) is 19.7 Å². The summed E-state index contributed by atoms with van der Waals surface area (Å²) in [5.41, 5.74) is 2.88. The number of amides is 1. The lowest BCUT2D eigenvalue weighted by Crippen LogP contribution is -2.43. The van der Waals surface area contributed by atoms with Gasteiger partial charge in [-0.3, -0.25) is 14.7 Å². The average molecular weight is 452 g/mol. The molecular formula is C23H29N7O3. The van der Waals surface area contributed by atoms with Gasteiger partial charge in [0.05, 0.1) is 34.3 Å². The number of nitrogens with zero attached hydrogens (tertiary/aromatic N) is 7. The first-order valence-electron chi connectivity index (χ1n) is 11.6. The van der Waals surface area contributed by atoms with Crippen molar-refractivity contribution in [3.63, 3.8) is 0 Å². The SMILES string of the molecule is CCN(Cc1ccc(-n2cnnn2)cn1)C1CCC2(CC1)CCN(C1=C(C)C(=O)OC1)C2=O. The van der Waals surface area contributed by atoms with Gasteiger partial charge >= 0.3 is 5.97 Å². The van der Waals surface area contributed by atoms with E-state index in [1.54, 1.807) is 24.1 Å². The van der Waals surface area contributed by atoms with Crippen LogP contribution in [0.25, 0.3) is 5.69 Å². The largest absolute Gasteiger partial charge is 0.456 e. The van der Waals surface area contributed by atoms with Gasteiger partial charge in [0.25, 0.3) is 0 Å². The molecule has 10 nitrogen and oxygen atoms in total. The third-order valence-electron chi connectivity index (χ3n) is 7.54. The molecule has 4 heterocycles. The molecular weight excluding hydrogens is 422 g/mol. The lowest BCUT2D eigenvalue weighted by atomic mass is 9.71. The maximum atomic E-state index is 13.4. The van der Waals surface area contributed by atoms with Crippen molar-refractivity contribution in [1.29, 1.82) is 0 Å². The standard InChI is InChI=1S/C23H29N7O3/c1-3-28(13-17-4-5-19(12-24-17)30-15-25-26-27-30)18-6-8-23(9-7-18)10-11-29(22(23)32)20-14-33-21(31)16(20)2/h4-5,12,15,18H,3,6-11,13-14H2,1-2H3. The van der Waals surface area contributed by atoms with E-state index in [9.17, 15) is 9.59 Å². The third kappa shape index (κ3) is 3.92. The van der Waals surface area contributed by atoms with Crippen molar-refractivity contribution >= 4 is 11.9 Å². The van der Waals surface area contributed by atoms with Crippen LogP contribution in [0.4, 0.5) is 0 Å². The second-order valence-electron chi connectivity index (χ2n) is 9.19. The Morgan fingerprint density at radius 2 is 2.03 bits per heavy atom. The van der Waals surface area contributed by atoms with Gasteiger partial charge in [0.15, 0.2) is 0 Å². The highest BCUT2D eigenvalue weighted by Crippen LogP contribution is 2.47. The van der Waals surface area contributed by atoms with Crippen LogP contribution in [-0.4, -0.2) is 72.6 Å². The first-order chi connectivity index (χ1) is 16.0. The van der Waals surface area contributed by atoms with E-state index in [1.807, 2.05) is 17.0 Å². The van der Waals surface area contributed by atoms with Crippen LogP contribution in [0.2, 0.25) is 0 Å². The molecule has 1 aliphatic carbocycles. The van der Waals surface area contributed by atoms with Crippen LogP contribution in [-0.2, 0) is 20.9 Å². The maximum absolute atomic E-state index is 13.4. The van der Waals surface area contributed by atoms with Gasteiger partial charge < -0.3 is 9.64 Å². The summed E-state index contributed by atoms with van der Waals surface area (Å²) in [6.45, 7) is 6.53. The number of esters is 1. The predicted octanol–water partition coefficient (Wildman–Crippen LogP) is 1.87. The summed E-state index contributed by atoms with van der Waals surface area (Å²) in [6.07, 6.45) is 7.94. The van der Waals surface area contributed by atoms with Crippen molar-refractivity contribution in [1.82, 2.24) is 35.0 Å². The number of hydrogen-bond acceptors (Lipinski definition) is 8. The summed E-state index contributed by atoms with van der Waals surface area (Å²) >= 11 is 0. The van der Waals surface area contributed by atoms with Gasteiger partial charge in [-0.1, -0.05) is 6.92 Å². The van der Waals surface area contributed by atoms with E-state index in [2.05, 4.69) is 32.3 Å². The predicted molar refractivity (Wildman–Crippen MR) is 118 cm³/mol. The summed E-state index contributed by atoms with van der Waals surface area (Å²) < 4.78 is 6.72. The maximum Gasteiger partial charge on any atom is 0.336 e. The number of ether oxygens (including phenoxy) is 1. The van der Waals surface area contributed by atoms with Crippen molar-refractivity contribution in [3.05, 3.63) is 41.6 Å². The van der Waals surface area contributed by atoms with E-state index in [-0.39, 0.29) is 23.9 Å². The zero-order valence-corrected chi connectivity index (χ0v) is 19.1. The van der Waals surface area contributed by atoms with E-state index in [4.69, 9.17) is 4.74 Å². The first kappa shape index (κ1) is 21.7. The van der Waals surface area contributed by atoms with Gasteiger partial charge in [0.2, 0.25) is 5.91 Å². The molecule has 0 atom stereocenters. The van der Waals surface area contributed by atoms with Crippen LogP contribution in [0.15, 0.2) is 35.9 Å². The van der Waals surface area contributed by atoms with Crippen LogP contribution in [0, 0.1) is 5.41 Å². The summed E-state index contributed by atoms with van der Waals surface area (Å²) in [6, 6.07) is 4.42. The fourth-order valence-corrected chi connectivity index (χ4v) is 5.44. The molecule has 33 heavy (non-hydrogen) atoms. The molecule has 5 rings (SSSR count). The summed E-state index contributed by atoms with van der Waals surface area (Å²) in [5, 5.41) is 11.2. The Morgan fingerprint density at radius 1 is 1.21 bits per heavy atom. The Kier molecular flexibility index (Phi) is 5.69. The van der Waals surface area contributed by atoms with E-state index < -0.39 is 0 Å². The summed E-state index contributed by atoms with van der Waals surface area (Å²) in [7, 11) is 0. The number of hydrogen-bond donors (Lipinski definition) is 0. The van der Waals surface area contributed by atoms with Crippen LogP contribution < -0.4 is 0 Å². The smallest absolute Gasteiger partial charge is 0.336 e. The quantitative estimate of drug-likeness (QED) is 0.613. The summed E-state index contributed by atoms with van der Waals surface area (Å²) in [5.74, 6) is -0.128. The fraction of sp³-hybridized carbons (Fsp3) is 0.565. The number of likely N-dealkylation sites (tertiary alicyclic amines) is 1. The number of aromatic nitrogens is 5. The minimum atomic E-state index is -0.305. The van der Waals surface area contributed by atoms with Gasteiger partial charge in [-0.05, 0) is 68.1 Å². The lowest BCUT2D eigenvalue weighted by Gasteiger charge is -2.40. The molecule has 0 unspecified atom stereocenters. The number of tetrazole rings is 1. The molecule has 174 valence electrons. The normalized spacial score (nSPS) is 25.5. The molecule has 2 fully saturated rings. The van der Waals surface area contributed by atoms with E-state index in [0.29, 0.717) is 18.2 Å². The van der Waals surface area contributed by atoms with Gasteiger partial charge in [-0.2, -0.15) is 4.68 Å². The molecule has 1 saturated carbocycles. The zero-order valence-electron chi connectivity index (χ0n) is 19.1. The van der Waals surface area contributed by atoms with Crippen molar-refractivity contribution in [2.45, 2.75) is 58.5 Å². The minimum absolute atomic E-state index is 0.177. The first-order valence-corrected chi connectivity index (χ1v) is 11.6. The van der Waals surface area contributed by atoms with E-state index in [0.717, 1.165) is 62.3 Å². The lowest BCUT2D eigenvalue weighted by molar-refractivity contribution is -0.138. The fourth-order valence-electron chi connectivity index (χ4n) is 5.44. The molecule has 1 spiro atoms. The number of carbonyl (C=O) groups excluding carboxylic acids is 2. The van der Waals surface area contributed by atoms with Gasteiger partial charge in [-0.15, -0.1) is 5.10 Å². The van der Waals surface area contributed by atoms with Gasteiger partial charge in [0, 0.05) is 19.1 Å². The molecule has 2 aliphatic heterocycles. The molecule has 0 bridgehead atoms. The highest BCUT2D eigenvalue weighted by molar-refractivity contribution is 5.94. The Hall–Kier alpha value is -3.14. The zero-order chi connectivity index (χ0) is 23.0. The van der Waals surface area contributed by atoms with Gasteiger partial charge in [0.1, 0.15) is 12.9 Å². The molecule has 0 radical (unpaired) electrons. The topological polar surface area (TPSA) is 106 Å². The van der Waals surface area contributed by atoms with Crippen molar-refractivity contribution < 1.29 is 14.3 Å². The Bertz CT molecular complexity index is 1060. The molecule has 3 aliphatic rings. The number of carbonyl (C=O) groups is 2. The third-order valence-corrected chi connectivity index (χ3v) is 7.54. The van der Waals surface area contributed by atoms with E-state index >= 15 is 0 Å². The molecule has 2 aromatic rings. The van der Waals surface area contributed by atoms with Gasteiger partial charge in [-0.25, -0.2) is 4.79 Å². The number of cyclic esters (lactones) is 1. The minimum Gasteiger partial charge on any atom is -0.456 e. The average Bonchev–Trinajstić information content (AvgIpc) is 3.56. The molecule has 2 aromatic heterocycles. The van der Waals surface area contributed by atoms with Crippen molar-refractivity contribution in [2.24, 2.45) is 5.41 Å². The van der Waals surface area contributed by atoms with Crippen LogP contribution >= 0.6 is 0 Å². The monoisotopic (exact) mass is 451 g/mol. The second-order valence-corrected chi connectivity index (χ2v) is 9.19. The Balaban J connectivity index is 1.21. The van der Waals surface area contributed by atoms with Crippen LogP contribution in [0.1, 0.15) is 51.6 Å². The molecule has 10 heteroatoms. The number of pyridine rings is 1. The molecule has 1 saturated heterocycles. The van der Waals surface area contributed by atoms with E-state index in [1.165, 1.54) is 0 Å². The highest BCUT2D eigenvalue weighted by atomic mass is 16.5. The number of rotatable bonds is 6. The Labute approximate surface area is 192 Å². The second kappa shape index (κ2) is 8.66. The molecule has 0 N–H and O–H groups in total. The summed E-state index contributed by atoms with van der Waals surface area (Å²) in [4.78, 5) is 34.0. The van der Waals surface area contributed by atoms with Crippen molar-refractivity contribution in [3.8, 4) is 5.69 Å². The molecule has 1 amide bonds. The van der Waals surface area contributed by atoms with Crippen LogP contribution in [0.3, 0.4) is 0 Å². The highest BCUT2D eigenvalue weighted by Gasteiger charge is 2.50. The molecule has 0 aromatic carbocycles. The van der Waals surface area contributed by atoms with Crippen LogP contribution in [0.5, 0.6) is 0 Å².